The Morgan fingerprint density at radius 1 is 1.14 bits per heavy atom. The molecule has 2 unspecified atom stereocenters. The Bertz CT molecular complexity index is 698. The SMILES string of the molecule is O=C(C1COc2ccccc2O1)C1CCc2cccnc21. The van der Waals surface area contributed by atoms with Gasteiger partial charge in [0, 0.05) is 6.20 Å². The molecule has 2 aliphatic rings. The van der Waals surface area contributed by atoms with Crippen molar-refractivity contribution >= 4 is 5.78 Å². The average molecular weight is 281 g/mol. The van der Waals surface area contributed by atoms with Crippen molar-refractivity contribution in [1.29, 1.82) is 0 Å². The first-order valence-corrected chi connectivity index (χ1v) is 7.19. The molecule has 0 amide bonds. The summed E-state index contributed by atoms with van der Waals surface area (Å²) in [5, 5.41) is 0. The topological polar surface area (TPSA) is 48.4 Å². The molecule has 4 nitrogen and oxygen atoms in total. The number of carbonyl (C=O) groups is 1. The maximum Gasteiger partial charge on any atom is 0.191 e. The van der Waals surface area contributed by atoms with Gasteiger partial charge in [0.25, 0.3) is 0 Å². The van der Waals surface area contributed by atoms with Crippen molar-refractivity contribution in [2.24, 2.45) is 0 Å². The van der Waals surface area contributed by atoms with Gasteiger partial charge in [-0.25, -0.2) is 0 Å². The van der Waals surface area contributed by atoms with E-state index in [0.29, 0.717) is 11.5 Å². The van der Waals surface area contributed by atoms with E-state index in [1.807, 2.05) is 36.4 Å². The highest BCUT2D eigenvalue weighted by molar-refractivity contribution is 5.91. The number of nitrogens with zero attached hydrogens (tertiary/aromatic N) is 1. The fourth-order valence-electron chi connectivity index (χ4n) is 3.07. The van der Waals surface area contributed by atoms with Crippen LogP contribution in [0.1, 0.15) is 23.6 Å². The predicted octanol–water partition coefficient (Wildman–Crippen LogP) is 2.52. The molecule has 106 valence electrons. The molecule has 1 aromatic heterocycles. The van der Waals surface area contributed by atoms with Crippen molar-refractivity contribution in [3.63, 3.8) is 0 Å². The molecule has 2 atom stereocenters. The first-order chi connectivity index (χ1) is 10.3. The zero-order valence-corrected chi connectivity index (χ0v) is 11.5. The molecule has 1 aromatic carbocycles. The quantitative estimate of drug-likeness (QED) is 0.848. The van der Waals surface area contributed by atoms with E-state index in [9.17, 15) is 4.79 Å². The van der Waals surface area contributed by atoms with E-state index < -0.39 is 6.10 Å². The summed E-state index contributed by atoms with van der Waals surface area (Å²) in [5.41, 5.74) is 2.08. The zero-order valence-electron chi connectivity index (χ0n) is 11.5. The molecule has 1 aliphatic heterocycles. The van der Waals surface area contributed by atoms with Crippen LogP contribution in [0, 0.1) is 0 Å². The van der Waals surface area contributed by atoms with Gasteiger partial charge in [0.1, 0.15) is 6.61 Å². The van der Waals surface area contributed by atoms with Crippen molar-refractivity contribution in [1.82, 2.24) is 4.98 Å². The smallest absolute Gasteiger partial charge is 0.191 e. The van der Waals surface area contributed by atoms with Crippen LogP contribution in [-0.2, 0) is 11.2 Å². The maximum absolute atomic E-state index is 12.7. The minimum Gasteiger partial charge on any atom is -0.485 e. The summed E-state index contributed by atoms with van der Waals surface area (Å²) in [7, 11) is 0. The van der Waals surface area contributed by atoms with Crippen molar-refractivity contribution in [3.05, 3.63) is 53.9 Å². The van der Waals surface area contributed by atoms with Crippen LogP contribution in [0.4, 0.5) is 0 Å². The van der Waals surface area contributed by atoms with E-state index in [1.54, 1.807) is 6.20 Å². The molecule has 1 aliphatic carbocycles. The molecule has 0 radical (unpaired) electrons. The fourth-order valence-corrected chi connectivity index (χ4v) is 3.07. The van der Waals surface area contributed by atoms with Crippen LogP contribution in [-0.4, -0.2) is 23.5 Å². The highest BCUT2D eigenvalue weighted by atomic mass is 16.6. The number of aromatic nitrogens is 1. The minimum absolute atomic E-state index is 0.0713. The zero-order chi connectivity index (χ0) is 14.2. The largest absolute Gasteiger partial charge is 0.485 e. The molecular weight excluding hydrogens is 266 g/mol. The summed E-state index contributed by atoms with van der Waals surface area (Å²) in [4.78, 5) is 17.1. The highest BCUT2D eigenvalue weighted by Gasteiger charge is 2.37. The van der Waals surface area contributed by atoms with Gasteiger partial charge in [0.15, 0.2) is 23.4 Å². The number of Topliss-reactive ketones (excluding diaryl/α,β-unsaturated/α-hetero) is 1. The van der Waals surface area contributed by atoms with Crippen molar-refractivity contribution in [2.75, 3.05) is 6.61 Å². The van der Waals surface area contributed by atoms with Crippen molar-refractivity contribution in [3.8, 4) is 11.5 Å². The van der Waals surface area contributed by atoms with Crippen LogP contribution in [0.25, 0.3) is 0 Å². The highest BCUT2D eigenvalue weighted by Crippen LogP contribution is 2.36. The minimum atomic E-state index is -0.544. The molecule has 0 N–H and O–H groups in total. The van der Waals surface area contributed by atoms with Gasteiger partial charge in [-0.2, -0.15) is 0 Å². The number of para-hydroxylation sites is 2. The molecule has 0 saturated heterocycles. The second-order valence-corrected chi connectivity index (χ2v) is 5.41. The Hall–Kier alpha value is -2.36. The lowest BCUT2D eigenvalue weighted by Gasteiger charge is -2.27. The number of ketones is 1. The summed E-state index contributed by atoms with van der Waals surface area (Å²) in [5.74, 6) is 1.25. The molecule has 2 heterocycles. The van der Waals surface area contributed by atoms with E-state index >= 15 is 0 Å². The second kappa shape index (κ2) is 4.88. The summed E-state index contributed by atoms with van der Waals surface area (Å²) in [6, 6.07) is 11.4. The van der Waals surface area contributed by atoms with Gasteiger partial charge in [-0.05, 0) is 36.6 Å². The lowest BCUT2D eigenvalue weighted by Crippen LogP contribution is -2.39. The van der Waals surface area contributed by atoms with Crippen LogP contribution < -0.4 is 9.47 Å². The Kier molecular flexibility index (Phi) is 2.88. The molecule has 21 heavy (non-hydrogen) atoms. The average Bonchev–Trinajstić information content (AvgIpc) is 2.98. The molecule has 4 heteroatoms. The van der Waals surface area contributed by atoms with Crippen LogP contribution >= 0.6 is 0 Å². The summed E-state index contributed by atoms with van der Waals surface area (Å²) in [6.07, 6.45) is 2.92. The van der Waals surface area contributed by atoms with Crippen molar-refractivity contribution < 1.29 is 14.3 Å². The van der Waals surface area contributed by atoms with Gasteiger partial charge in [-0.3, -0.25) is 9.78 Å². The molecule has 4 rings (SSSR count). The lowest BCUT2D eigenvalue weighted by molar-refractivity contribution is -0.129. The molecule has 0 fully saturated rings. The van der Waals surface area contributed by atoms with Crippen LogP contribution in [0.5, 0.6) is 11.5 Å². The van der Waals surface area contributed by atoms with Gasteiger partial charge in [-0.1, -0.05) is 18.2 Å². The number of aryl methyl sites for hydroxylation is 1. The second-order valence-electron chi connectivity index (χ2n) is 5.41. The van der Waals surface area contributed by atoms with Gasteiger partial charge in [0.2, 0.25) is 0 Å². The molecule has 0 bridgehead atoms. The number of benzene rings is 1. The number of hydrogen-bond donors (Lipinski definition) is 0. The predicted molar refractivity (Wildman–Crippen MR) is 76.7 cm³/mol. The van der Waals surface area contributed by atoms with Crippen LogP contribution in [0.2, 0.25) is 0 Å². The first kappa shape index (κ1) is 12.4. The molecule has 0 spiro atoms. The Morgan fingerprint density at radius 3 is 2.90 bits per heavy atom. The Morgan fingerprint density at radius 2 is 2.00 bits per heavy atom. The number of hydrogen-bond acceptors (Lipinski definition) is 4. The van der Waals surface area contributed by atoms with Crippen molar-refractivity contribution in [2.45, 2.75) is 24.9 Å². The molecular formula is C17H15NO3. The van der Waals surface area contributed by atoms with E-state index in [-0.39, 0.29) is 18.3 Å². The Balaban J connectivity index is 1.57. The number of pyridine rings is 1. The van der Waals surface area contributed by atoms with E-state index in [0.717, 1.165) is 18.5 Å². The van der Waals surface area contributed by atoms with Crippen LogP contribution in [0.3, 0.4) is 0 Å². The summed E-state index contributed by atoms with van der Waals surface area (Å²) >= 11 is 0. The standard InChI is InChI=1S/C17H15NO3/c19-17(12-8-7-11-4-3-9-18-16(11)12)15-10-20-13-5-1-2-6-14(13)21-15/h1-6,9,12,15H,7-8,10H2. The monoisotopic (exact) mass is 281 g/mol. The van der Waals surface area contributed by atoms with Crippen LogP contribution in [0.15, 0.2) is 42.6 Å². The summed E-state index contributed by atoms with van der Waals surface area (Å²) in [6.45, 7) is 0.272. The number of rotatable bonds is 2. The van der Waals surface area contributed by atoms with Gasteiger partial charge >= 0.3 is 0 Å². The van der Waals surface area contributed by atoms with Gasteiger partial charge in [0.05, 0.1) is 11.6 Å². The molecule has 0 saturated carbocycles. The Labute approximate surface area is 122 Å². The maximum atomic E-state index is 12.7. The third-order valence-corrected chi connectivity index (χ3v) is 4.13. The third-order valence-electron chi connectivity index (χ3n) is 4.13. The fraction of sp³-hybridized carbons (Fsp3) is 0.294. The van der Waals surface area contributed by atoms with E-state index in [1.165, 1.54) is 5.56 Å². The lowest BCUT2D eigenvalue weighted by atomic mass is 9.97. The van der Waals surface area contributed by atoms with E-state index in [2.05, 4.69) is 4.98 Å². The number of fused-ring (bicyclic) bond motifs is 2. The first-order valence-electron chi connectivity index (χ1n) is 7.19. The third kappa shape index (κ3) is 2.07. The van der Waals surface area contributed by atoms with Gasteiger partial charge in [-0.15, -0.1) is 0 Å². The molecule has 2 aromatic rings. The number of ether oxygens (including phenoxy) is 2. The van der Waals surface area contributed by atoms with E-state index in [4.69, 9.17) is 9.47 Å². The summed E-state index contributed by atoms with van der Waals surface area (Å²) < 4.78 is 11.5. The normalized spacial score (nSPS) is 22.7. The number of carbonyl (C=O) groups excluding carboxylic acids is 1. The van der Waals surface area contributed by atoms with Gasteiger partial charge < -0.3 is 9.47 Å².